The van der Waals surface area contributed by atoms with Crippen molar-refractivity contribution in [3.63, 3.8) is 0 Å². The highest BCUT2D eigenvalue weighted by Gasteiger charge is 2.11. The van der Waals surface area contributed by atoms with Gasteiger partial charge in [-0.05, 0) is 42.3 Å². The van der Waals surface area contributed by atoms with Gasteiger partial charge in [-0.1, -0.05) is 65.7 Å². The van der Waals surface area contributed by atoms with E-state index in [4.69, 9.17) is 32.7 Å². The lowest BCUT2D eigenvalue weighted by Gasteiger charge is -2.16. The largest absolute Gasteiger partial charge is 0.493 e. The van der Waals surface area contributed by atoms with E-state index in [1.165, 1.54) is 5.56 Å². The van der Waals surface area contributed by atoms with E-state index in [0.717, 1.165) is 17.7 Å². The second-order valence-corrected chi connectivity index (χ2v) is 7.30. The second kappa shape index (κ2) is 11.3. The monoisotopic (exact) mass is 451 g/mol. The molecule has 0 aromatic heterocycles. The summed E-state index contributed by atoms with van der Waals surface area (Å²) in [5.74, 6) is 1.33. The summed E-state index contributed by atoms with van der Waals surface area (Å²) in [7, 11) is 1.63. The number of benzene rings is 3. The Hall–Kier alpha value is -1.91. The predicted molar refractivity (Wildman–Crippen MR) is 123 cm³/mol. The van der Waals surface area contributed by atoms with Gasteiger partial charge >= 0.3 is 0 Å². The minimum Gasteiger partial charge on any atom is -0.493 e. The molecule has 3 aromatic carbocycles. The fraction of sp³-hybridized carbons (Fsp3) is 0.217. The van der Waals surface area contributed by atoms with Gasteiger partial charge in [-0.25, -0.2) is 0 Å². The Labute approximate surface area is 188 Å². The Morgan fingerprint density at radius 2 is 1.59 bits per heavy atom. The van der Waals surface area contributed by atoms with Crippen LogP contribution in [0.1, 0.15) is 29.7 Å². The van der Waals surface area contributed by atoms with Gasteiger partial charge < -0.3 is 14.8 Å². The van der Waals surface area contributed by atoms with Crippen molar-refractivity contribution in [3.8, 4) is 11.5 Å². The van der Waals surface area contributed by atoms with E-state index in [9.17, 15) is 0 Å². The Morgan fingerprint density at radius 3 is 2.24 bits per heavy atom. The van der Waals surface area contributed by atoms with Crippen molar-refractivity contribution in [3.05, 3.63) is 93.5 Å². The normalized spacial score (nSPS) is 11.4. The standard InChI is InChI=1S/C23H23Cl2NO2.ClH/c1-16(18-7-4-3-5-8-18)26-14-17-11-12-22(23(13-17)27-2)28-15-19-20(24)9-6-10-21(19)25;/h3-13,16,26H,14-15H2,1-2H3;1H. The number of nitrogens with one attached hydrogen (secondary N) is 1. The van der Waals surface area contributed by atoms with E-state index in [0.29, 0.717) is 21.5 Å². The lowest BCUT2D eigenvalue weighted by molar-refractivity contribution is 0.284. The van der Waals surface area contributed by atoms with Crippen molar-refractivity contribution >= 4 is 35.6 Å². The summed E-state index contributed by atoms with van der Waals surface area (Å²) in [5, 5.41) is 4.70. The first kappa shape index (κ1) is 23.4. The molecule has 3 rings (SSSR count). The fourth-order valence-corrected chi connectivity index (χ4v) is 3.40. The maximum Gasteiger partial charge on any atom is 0.161 e. The van der Waals surface area contributed by atoms with Crippen LogP contribution in [-0.4, -0.2) is 7.11 Å². The summed E-state index contributed by atoms with van der Waals surface area (Å²) >= 11 is 12.4. The van der Waals surface area contributed by atoms with Crippen LogP contribution < -0.4 is 14.8 Å². The zero-order chi connectivity index (χ0) is 19.9. The molecule has 0 amide bonds. The summed E-state index contributed by atoms with van der Waals surface area (Å²) in [4.78, 5) is 0. The number of ether oxygens (including phenoxy) is 2. The molecule has 0 aliphatic rings. The highest BCUT2D eigenvalue weighted by atomic mass is 35.5. The van der Waals surface area contributed by atoms with Gasteiger partial charge in [0.05, 0.1) is 7.11 Å². The zero-order valence-corrected chi connectivity index (χ0v) is 18.7. The molecule has 0 heterocycles. The van der Waals surface area contributed by atoms with Crippen LogP contribution in [-0.2, 0) is 13.2 Å². The third-order valence-corrected chi connectivity index (χ3v) is 5.28. The van der Waals surface area contributed by atoms with Crippen LogP contribution in [0.5, 0.6) is 11.5 Å². The third kappa shape index (κ3) is 6.28. The third-order valence-electron chi connectivity index (χ3n) is 4.57. The first-order valence-electron chi connectivity index (χ1n) is 9.09. The maximum absolute atomic E-state index is 6.21. The quantitative estimate of drug-likeness (QED) is 0.405. The summed E-state index contributed by atoms with van der Waals surface area (Å²) in [5.41, 5.74) is 3.13. The van der Waals surface area contributed by atoms with Crippen LogP contribution in [0.3, 0.4) is 0 Å². The molecule has 0 saturated heterocycles. The molecule has 0 saturated carbocycles. The number of hydrogen-bond donors (Lipinski definition) is 1. The SMILES string of the molecule is COc1cc(CNC(C)c2ccccc2)ccc1OCc1c(Cl)cccc1Cl.Cl. The highest BCUT2D eigenvalue weighted by molar-refractivity contribution is 6.35. The molecule has 1 atom stereocenters. The van der Waals surface area contributed by atoms with E-state index in [2.05, 4.69) is 24.4 Å². The van der Waals surface area contributed by atoms with Gasteiger partial charge in [0.25, 0.3) is 0 Å². The van der Waals surface area contributed by atoms with Crippen molar-refractivity contribution in [2.45, 2.75) is 26.1 Å². The molecule has 0 aliphatic heterocycles. The van der Waals surface area contributed by atoms with Crippen LogP contribution in [0.2, 0.25) is 10.0 Å². The van der Waals surface area contributed by atoms with Crippen molar-refractivity contribution in [1.29, 1.82) is 0 Å². The molecule has 0 fully saturated rings. The van der Waals surface area contributed by atoms with E-state index >= 15 is 0 Å². The highest BCUT2D eigenvalue weighted by Crippen LogP contribution is 2.31. The number of methoxy groups -OCH3 is 1. The van der Waals surface area contributed by atoms with Gasteiger partial charge in [0.15, 0.2) is 11.5 Å². The second-order valence-electron chi connectivity index (χ2n) is 6.49. The number of rotatable bonds is 8. The van der Waals surface area contributed by atoms with Crippen LogP contribution in [0.4, 0.5) is 0 Å². The lowest BCUT2D eigenvalue weighted by Crippen LogP contribution is -2.18. The van der Waals surface area contributed by atoms with Gasteiger partial charge in [-0.15, -0.1) is 12.4 Å². The summed E-state index contributed by atoms with van der Waals surface area (Å²) in [6.07, 6.45) is 0. The van der Waals surface area contributed by atoms with E-state index < -0.39 is 0 Å². The maximum atomic E-state index is 6.21. The predicted octanol–water partition coefficient (Wildman–Crippen LogP) is 6.85. The fourth-order valence-electron chi connectivity index (χ4n) is 2.89. The number of halogens is 3. The van der Waals surface area contributed by atoms with Gasteiger partial charge in [-0.2, -0.15) is 0 Å². The first-order valence-corrected chi connectivity index (χ1v) is 9.85. The van der Waals surface area contributed by atoms with Gasteiger partial charge in [0, 0.05) is 28.2 Å². The molecule has 154 valence electrons. The molecular formula is C23H24Cl3NO2. The lowest BCUT2D eigenvalue weighted by atomic mass is 10.1. The zero-order valence-electron chi connectivity index (χ0n) is 16.3. The molecule has 1 N–H and O–H groups in total. The van der Waals surface area contributed by atoms with Gasteiger partial charge in [0.2, 0.25) is 0 Å². The average Bonchev–Trinajstić information content (AvgIpc) is 2.72. The molecule has 6 heteroatoms. The topological polar surface area (TPSA) is 30.5 Å². The Morgan fingerprint density at radius 1 is 0.897 bits per heavy atom. The minimum atomic E-state index is 0. The van der Waals surface area contributed by atoms with Crippen LogP contribution >= 0.6 is 35.6 Å². The molecule has 0 radical (unpaired) electrons. The van der Waals surface area contributed by atoms with Gasteiger partial charge in [-0.3, -0.25) is 0 Å². The molecule has 29 heavy (non-hydrogen) atoms. The smallest absolute Gasteiger partial charge is 0.161 e. The Bertz CT molecular complexity index is 899. The van der Waals surface area contributed by atoms with E-state index in [1.54, 1.807) is 19.2 Å². The van der Waals surface area contributed by atoms with Crippen molar-refractivity contribution in [2.24, 2.45) is 0 Å². The number of hydrogen-bond acceptors (Lipinski definition) is 3. The average molecular weight is 453 g/mol. The van der Waals surface area contributed by atoms with Crippen molar-refractivity contribution < 1.29 is 9.47 Å². The van der Waals surface area contributed by atoms with Crippen LogP contribution in [0, 0.1) is 0 Å². The molecular weight excluding hydrogens is 429 g/mol. The summed E-state index contributed by atoms with van der Waals surface area (Å²) in [6.45, 7) is 3.15. The summed E-state index contributed by atoms with van der Waals surface area (Å²) in [6, 6.07) is 21.9. The molecule has 0 bridgehead atoms. The Kier molecular flexibility index (Phi) is 9.12. The van der Waals surface area contributed by atoms with Crippen molar-refractivity contribution in [1.82, 2.24) is 5.32 Å². The molecule has 0 aliphatic carbocycles. The molecule has 3 nitrogen and oxygen atoms in total. The molecule has 0 spiro atoms. The first-order chi connectivity index (χ1) is 13.6. The van der Waals surface area contributed by atoms with Crippen molar-refractivity contribution in [2.75, 3.05) is 7.11 Å². The van der Waals surface area contributed by atoms with Crippen LogP contribution in [0.15, 0.2) is 66.7 Å². The summed E-state index contributed by atoms with van der Waals surface area (Å²) < 4.78 is 11.4. The van der Waals surface area contributed by atoms with Gasteiger partial charge in [0.1, 0.15) is 6.61 Å². The minimum absolute atomic E-state index is 0. The Balaban J connectivity index is 0.00000300. The molecule has 3 aromatic rings. The van der Waals surface area contributed by atoms with Crippen LogP contribution in [0.25, 0.3) is 0 Å². The van der Waals surface area contributed by atoms with E-state index in [-0.39, 0.29) is 25.1 Å². The molecule has 1 unspecified atom stereocenters. The van der Waals surface area contributed by atoms with E-state index in [1.807, 2.05) is 42.5 Å².